The molecule has 1 aromatic carbocycles. The van der Waals surface area contributed by atoms with Crippen LogP contribution < -0.4 is 10.5 Å². The van der Waals surface area contributed by atoms with Crippen LogP contribution in [-0.2, 0) is 19.4 Å². The summed E-state index contributed by atoms with van der Waals surface area (Å²) in [6.45, 7) is 2.89. The maximum atomic E-state index is 6.16. The average Bonchev–Trinajstić information content (AvgIpc) is 3.36. The number of benzene rings is 1. The Kier molecular flexibility index (Phi) is 3.92. The van der Waals surface area contributed by atoms with E-state index < -0.39 is 0 Å². The van der Waals surface area contributed by atoms with Gasteiger partial charge in [0.25, 0.3) is 0 Å². The van der Waals surface area contributed by atoms with Gasteiger partial charge >= 0.3 is 0 Å². The van der Waals surface area contributed by atoms with Crippen LogP contribution in [0.3, 0.4) is 0 Å². The number of hydrogen-bond donors (Lipinski definition) is 1. The Morgan fingerprint density at radius 3 is 2.97 bits per heavy atom. The fourth-order valence-electron chi connectivity index (χ4n) is 4.44. The van der Waals surface area contributed by atoms with E-state index in [9.17, 15) is 0 Å². The van der Waals surface area contributed by atoms with E-state index in [1.165, 1.54) is 24.1 Å². The molecule has 0 saturated heterocycles. The highest BCUT2D eigenvalue weighted by atomic mass is 16.5. The maximum Gasteiger partial charge on any atom is 0.223 e. The third-order valence-electron chi connectivity index (χ3n) is 6.14. The molecule has 6 rings (SSSR count). The number of aromatic nitrogens is 6. The van der Waals surface area contributed by atoms with E-state index >= 15 is 0 Å². The first-order valence-electron chi connectivity index (χ1n) is 10.5. The molecule has 4 heterocycles. The minimum absolute atomic E-state index is 0.316. The summed E-state index contributed by atoms with van der Waals surface area (Å²) in [4.78, 5) is 11.7. The van der Waals surface area contributed by atoms with Gasteiger partial charge in [0.2, 0.25) is 5.95 Å². The standard InChI is InChI=1S/C21H24N8O/c1-30-17-4-2-3-15-19(17)25-21(22)29-20(15)24-18(26-29)8-10-27-9-7-16-13(12-27)11-23-28(16)14-5-6-14/h2-4,11,14H,5-10,12H2,1H3,(H2,22,25). The quantitative estimate of drug-likeness (QED) is 0.543. The van der Waals surface area contributed by atoms with E-state index in [0.29, 0.717) is 23.3 Å². The summed E-state index contributed by atoms with van der Waals surface area (Å²) < 4.78 is 9.31. The third-order valence-corrected chi connectivity index (χ3v) is 6.14. The highest BCUT2D eigenvalue weighted by Gasteiger charge is 2.30. The van der Waals surface area contributed by atoms with Gasteiger partial charge in [0.1, 0.15) is 11.3 Å². The van der Waals surface area contributed by atoms with Gasteiger partial charge in [-0.15, -0.1) is 5.10 Å². The first-order valence-corrected chi connectivity index (χ1v) is 10.5. The molecule has 0 amide bonds. The second-order valence-electron chi connectivity index (χ2n) is 8.16. The van der Waals surface area contributed by atoms with Crippen LogP contribution in [0.1, 0.15) is 36.0 Å². The van der Waals surface area contributed by atoms with Crippen LogP contribution in [0.2, 0.25) is 0 Å². The number of para-hydroxylation sites is 1. The number of fused-ring (bicyclic) bond motifs is 4. The predicted octanol–water partition coefficient (Wildman–Crippen LogP) is 2.00. The lowest BCUT2D eigenvalue weighted by Gasteiger charge is -2.26. The summed E-state index contributed by atoms with van der Waals surface area (Å²) in [5.41, 5.74) is 10.4. The van der Waals surface area contributed by atoms with E-state index in [1.807, 2.05) is 18.2 Å². The van der Waals surface area contributed by atoms with Crippen molar-refractivity contribution in [2.24, 2.45) is 0 Å². The van der Waals surface area contributed by atoms with Crippen LogP contribution >= 0.6 is 0 Å². The molecule has 2 N–H and O–H groups in total. The predicted molar refractivity (Wildman–Crippen MR) is 112 cm³/mol. The monoisotopic (exact) mass is 404 g/mol. The number of nitrogen functional groups attached to an aromatic ring is 1. The number of nitrogens with zero attached hydrogens (tertiary/aromatic N) is 7. The molecular weight excluding hydrogens is 380 g/mol. The summed E-state index contributed by atoms with van der Waals surface area (Å²) in [6.07, 6.45) is 6.42. The molecule has 1 aliphatic heterocycles. The van der Waals surface area contributed by atoms with Gasteiger partial charge in [-0.25, -0.2) is 9.97 Å². The van der Waals surface area contributed by atoms with Gasteiger partial charge in [-0.1, -0.05) is 6.07 Å². The van der Waals surface area contributed by atoms with Crippen LogP contribution in [0.4, 0.5) is 5.95 Å². The summed E-state index contributed by atoms with van der Waals surface area (Å²) in [7, 11) is 1.63. The second-order valence-corrected chi connectivity index (χ2v) is 8.16. The molecule has 9 nitrogen and oxygen atoms in total. The van der Waals surface area contributed by atoms with Crippen LogP contribution in [0.15, 0.2) is 24.4 Å². The molecule has 9 heteroatoms. The molecule has 0 radical (unpaired) electrons. The Balaban J connectivity index is 1.23. The van der Waals surface area contributed by atoms with Crippen molar-refractivity contribution in [1.29, 1.82) is 0 Å². The number of rotatable bonds is 5. The Bertz CT molecular complexity index is 1260. The highest BCUT2D eigenvalue weighted by Crippen LogP contribution is 2.37. The molecule has 154 valence electrons. The van der Waals surface area contributed by atoms with Gasteiger partial charge in [0.05, 0.1) is 19.3 Å². The van der Waals surface area contributed by atoms with E-state index in [2.05, 4.69) is 31.0 Å². The first kappa shape index (κ1) is 17.6. The average molecular weight is 404 g/mol. The summed E-state index contributed by atoms with van der Waals surface area (Å²) in [5.74, 6) is 1.77. The van der Waals surface area contributed by atoms with E-state index in [1.54, 1.807) is 11.6 Å². The Hall–Kier alpha value is -3.20. The van der Waals surface area contributed by atoms with Crippen molar-refractivity contribution in [3.05, 3.63) is 41.5 Å². The number of methoxy groups -OCH3 is 1. The molecule has 1 fully saturated rings. The lowest BCUT2D eigenvalue weighted by Crippen LogP contribution is -2.32. The molecule has 30 heavy (non-hydrogen) atoms. The summed E-state index contributed by atoms with van der Waals surface area (Å²) >= 11 is 0. The number of anilines is 1. The van der Waals surface area contributed by atoms with Crippen molar-refractivity contribution in [2.45, 2.75) is 38.3 Å². The fraction of sp³-hybridized carbons (Fsp3) is 0.429. The molecule has 2 aliphatic rings. The second kappa shape index (κ2) is 6.66. The summed E-state index contributed by atoms with van der Waals surface area (Å²) in [6, 6.07) is 6.43. The van der Waals surface area contributed by atoms with Crippen molar-refractivity contribution >= 4 is 22.5 Å². The molecular formula is C21H24N8O. The lowest BCUT2D eigenvalue weighted by molar-refractivity contribution is 0.252. The Morgan fingerprint density at radius 1 is 1.23 bits per heavy atom. The normalized spacial score (nSPS) is 17.0. The smallest absolute Gasteiger partial charge is 0.223 e. The molecule has 1 aliphatic carbocycles. The van der Waals surface area contributed by atoms with Gasteiger partial charge in [-0.2, -0.15) is 9.61 Å². The van der Waals surface area contributed by atoms with Crippen molar-refractivity contribution in [2.75, 3.05) is 25.9 Å². The molecule has 0 atom stereocenters. The van der Waals surface area contributed by atoms with Crippen LogP contribution in [0, 0.1) is 0 Å². The van der Waals surface area contributed by atoms with E-state index in [4.69, 9.17) is 15.5 Å². The molecule has 0 spiro atoms. The molecule has 0 bridgehead atoms. The first-order chi connectivity index (χ1) is 14.7. The number of ether oxygens (including phenoxy) is 1. The van der Waals surface area contributed by atoms with Crippen molar-refractivity contribution in [3.8, 4) is 5.75 Å². The minimum Gasteiger partial charge on any atom is -0.494 e. The van der Waals surface area contributed by atoms with Gasteiger partial charge in [-0.05, 0) is 25.0 Å². The van der Waals surface area contributed by atoms with Gasteiger partial charge in [-0.3, -0.25) is 9.58 Å². The third kappa shape index (κ3) is 2.80. The largest absolute Gasteiger partial charge is 0.494 e. The lowest BCUT2D eigenvalue weighted by atomic mass is 10.1. The van der Waals surface area contributed by atoms with Gasteiger partial charge in [0.15, 0.2) is 11.5 Å². The Labute approximate surface area is 173 Å². The molecule has 0 unspecified atom stereocenters. The van der Waals surface area contributed by atoms with E-state index in [-0.39, 0.29) is 0 Å². The molecule has 3 aromatic heterocycles. The van der Waals surface area contributed by atoms with Gasteiger partial charge in [0, 0.05) is 49.1 Å². The Morgan fingerprint density at radius 2 is 2.13 bits per heavy atom. The van der Waals surface area contributed by atoms with Crippen molar-refractivity contribution in [1.82, 2.24) is 34.3 Å². The zero-order valence-corrected chi connectivity index (χ0v) is 17.0. The van der Waals surface area contributed by atoms with Crippen LogP contribution in [0.25, 0.3) is 16.6 Å². The van der Waals surface area contributed by atoms with E-state index in [0.717, 1.165) is 49.3 Å². The molecule has 1 saturated carbocycles. The number of hydrogen-bond acceptors (Lipinski definition) is 7. The highest BCUT2D eigenvalue weighted by molar-refractivity contribution is 5.95. The topological polar surface area (TPSA) is 99.4 Å². The van der Waals surface area contributed by atoms with Gasteiger partial charge < -0.3 is 10.5 Å². The zero-order chi connectivity index (χ0) is 20.2. The van der Waals surface area contributed by atoms with Crippen molar-refractivity contribution < 1.29 is 4.74 Å². The van der Waals surface area contributed by atoms with Crippen LogP contribution in [0.5, 0.6) is 5.75 Å². The SMILES string of the molecule is COc1cccc2c1nc(N)n1nc(CCN3CCc4c(cnn4C4CC4)C3)nc21. The number of nitrogens with two attached hydrogens (primary N) is 1. The fourth-order valence-corrected chi connectivity index (χ4v) is 4.44. The molecule has 4 aromatic rings. The summed E-state index contributed by atoms with van der Waals surface area (Å²) in [5, 5.41) is 10.1. The van der Waals surface area contributed by atoms with Crippen LogP contribution in [-0.4, -0.2) is 54.5 Å². The zero-order valence-electron chi connectivity index (χ0n) is 17.0. The minimum atomic E-state index is 0.316. The van der Waals surface area contributed by atoms with Crippen molar-refractivity contribution in [3.63, 3.8) is 0 Å². The maximum absolute atomic E-state index is 6.16.